The standard InChI is InChI=1S/C16H23N5/c17-19-15(11-13-5-8-18-9-6-13)12-14-7-10-21(20-14)16-3-1-2-4-16/h5-10,15-16,19H,1-4,11-12,17H2. The predicted molar refractivity (Wildman–Crippen MR) is 82.5 cm³/mol. The average molecular weight is 285 g/mol. The van der Waals surface area contributed by atoms with Crippen LogP contribution in [0.4, 0.5) is 0 Å². The number of hydrogen-bond acceptors (Lipinski definition) is 4. The van der Waals surface area contributed by atoms with Gasteiger partial charge in [-0.3, -0.25) is 20.9 Å². The molecule has 2 aromatic heterocycles. The molecule has 0 amide bonds. The van der Waals surface area contributed by atoms with Gasteiger partial charge in [0, 0.05) is 31.1 Å². The predicted octanol–water partition coefficient (Wildman–Crippen LogP) is 2.01. The van der Waals surface area contributed by atoms with Crippen LogP contribution in [0.1, 0.15) is 43.0 Å². The van der Waals surface area contributed by atoms with Gasteiger partial charge in [0.2, 0.25) is 0 Å². The smallest absolute Gasteiger partial charge is 0.0640 e. The molecule has 0 bridgehead atoms. The van der Waals surface area contributed by atoms with E-state index in [-0.39, 0.29) is 6.04 Å². The van der Waals surface area contributed by atoms with Gasteiger partial charge in [0.25, 0.3) is 0 Å². The zero-order chi connectivity index (χ0) is 14.5. The Morgan fingerprint density at radius 2 is 1.95 bits per heavy atom. The molecule has 0 aliphatic heterocycles. The highest BCUT2D eigenvalue weighted by molar-refractivity contribution is 5.13. The van der Waals surface area contributed by atoms with E-state index in [2.05, 4.69) is 27.4 Å². The van der Waals surface area contributed by atoms with Crippen molar-refractivity contribution < 1.29 is 0 Å². The molecule has 21 heavy (non-hydrogen) atoms. The van der Waals surface area contributed by atoms with Gasteiger partial charge in [0.1, 0.15) is 0 Å². The van der Waals surface area contributed by atoms with E-state index in [1.54, 1.807) is 0 Å². The fraction of sp³-hybridized carbons (Fsp3) is 0.500. The molecule has 3 N–H and O–H groups in total. The highest BCUT2D eigenvalue weighted by atomic mass is 15.3. The van der Waals surface area contributed by atoms with E-state index in [1.807, 2.05) is 24.5 Å². The van der Waals surface area contributed by atoms with Gasteiger partial charge in [0.15, 0.2) is 0 Å². The Balaban J connectivity index is 1.61. The number of hydrazine groups is 1. The van der Waals surface area contributed by atoms with E-state index in [4.69, 9.17) is 10.9 Å². The van der Waals surface area contributed by atoms with Crippen LogP contribution in [0.3, 0.4) is 0 Å². The van der Waals surface area contributed by atoms with Crippen LogP contribution >= 0.6 is 0 Å². The maximum atomic E-state index is 5.70. The van der Waals surface area contributed by atoms with Crippen LogP contribution < -0.4 is 11.3 Å². The zero-order valence-corrected chi connectivity index (χ0v) is 12.3. The minimum atomic E-state index is 0.194. The van der Waals surface area contributed by atoms with Crippen molar-refractivity contribution in [1.82, 2.24) is 20.2 Å². The Labute approximate surface area is 125 Å². The zero-order valence-electron chi connectivity index (χ0n) is 12.3. The Morgan fingerprint density at radius 1 is 1.19 bits per heavy atom. The maximum Gasteiger partial charge on any atom is 0.0640 e. The molecule has 0 saturated heterocycles. The van der Waals surface area contributed by atoms with Crippen molar-refractivity contribution >= 4 is 0 Å². The highest BCUT2D eigenvalue weighted by Gasteiger charge is 2.18. The normalized spacial score (nSPS) is 17.2. The molecule has 112 valence electrons. The number of pyridine rings is 1. The van der Waals surface area contributed by atoms with Crippen LogP contribution in [0.2, 0.25) is 0 Å². The first kappa shape index (κ1) is 14.2. The van der Waals surface area contributed by atoms with E-state index < -0.39 is 0 Å². The second-order valence-electron chi connectivity index (χ2n) is 5.85. The van der Waals surface area contributed by atoms with E-state index in [0.717, 1.165) is 18.5 Å². The van der Waals surface area contributed by atoms with Crippen molar-refractivity contribution in [2.75, 3.05) is 0 Å². The largest absolute Gasteiger partial charge is 0.271 e. The van der Waals surface area contributed by atoms with Gasteiger partial charge < -0.3 is 0 Å². The minimum Gasteiger partial charge on any atom is -0.271 e. The van der Waals surface area contributed by atoms with E-state index >= 15 is 0 Å². The molecule has 1 aliphatic carbocycles. The molecule has 5 heteroatoms. The maximum absolute atomic E-state index is 5.70. The quantitative estimate of drug-likeness (QED) is 0.629. The molecule has 5 nitrogen and oxygen atoms in total. The van der Waals surface area contributed by atoms with Crippen molar-refractivity contribution in [1.29, 1.82) is 0 Å². The molecule has 0 radical (unpaired) electrons. The van der Waals surface area contributed by atoms with Gasteiger partial charge in [-0.05, 0) is 43.0 Å². The van der Waals surface area contributed by atoms with Crippen molar-refractivity contribution in [2.45, 2.75) is 50.6 Å². The fourth-order valence-electron chi connectivity index (χ4n) is 3.10. The molecule has 3 rings (SSSR count). The highest BCUT2D eigenvalue weighted by Crippen LogP contribution is 2.28. The summed E-state index contributed by atoms with van der Waals surface area (Å²) >= 11 is 0. The monoisotopic (exact) mass is 285 g/mol. The summed E-state index contributed by atoms with van der Waals surface area (Å²) in [6.07, 6.45) is 12.7. The summed E-state index contributed by atoms with van der Waals surface area (Å²) in [6.45, 7) is 0. The molecule has 1 fully saturated rings. The Bertz CT molecular complexity index is 545. The summed E-state index contributed by atoms with van der Waals surface area (Å²) in [7, 11) is 0. The summed E-state index contributed by atoms with van der Waals surface area (Å²) < 4.78 is 2.14. The number of nitrogens with two attached hydrogens (primary N) is 1. The van der Waals surface area contributed by atoms with Gasteiger partial charge in [-0.25, -0.2) is 0 Å². The Kier molecular flexibility index (Phi) is 4.62. The third kappa shape index (κ3) is 3.68. The third-order valence-corrected chi connectivity index (χ3v) is 4.29. The van der Waals surface area contributed by atoms with Gasteiger partial charge in [-0.15, -0.1) is 0 Å². The van der Waals surface area contributed by atoms with E-state index in [0.29, 0.717) is 6.04 Å². The third-order valence-electron chi connectivity index (χ3n) is 4.29. The van der Waals surface area contributed by atoms with Crippen molar-refractivity contribution in [3.8, 4) is 0 Å². The number of rotatable bonds is 6. The topological polar surface area (TPSA) is 68.8 Å². The van der Waals surface area contributed by atoms with E-state index in [1.165, 1.54) is 31.2 Å². The summed E-state index contributed by atoms with van der Waals surface area (Å²) in [5.41, 5.74) is 5.26. The molecule has 1 atom stereocenters. The van der Waals surface area contributed by atoms with Crippen LogP contribution in [0.25, 0.3) is 0 Å². The van der Waals surface area contributed by atoms with Crippen LogP contribution in [-0.4, -0.2) is 20.8 Å². The van der Waals surface area contributed by atoms with Crippen molar-refractivity contribution in [3.05, 3.63) is 48.0 Å². The number of hydrogen-bond donors (Lipinski definition) is 2. The lowest BCUT2D eigenvalue weighted by atomic mass is 10.0. The van der Waals surface area contributed by atoms with Gasteiger partial charge in [-0.1, -0.05) is 12.8 Å². The summed E-state index contributed by atoms with van der Waals surface area (Å²) in [5.74, 6) is 5.70. The van der Waals surface area contributed by atoms with Crippen LogP contribution in [-0.2, 0) is 12.8 Å². The fourth-order valence-corrected chi connectivity index (χ4v) is 3.10. The average Bonchev–Trinajstić information content (AvgIpc) is 3.18. The first-order valence-electron chi connectivity index (χ1n) is 7.74. The molecule has 1 aliphatic rings. The first-order chi connectivity index (χ1) is 10.3. The molecular weight excluding hydrogens is 262 g/mol. The lowest BCUT2D eigenvalue weighted by molar-refractivity contribution is 0.455. The lowest BCUT2D eigenvalue weighted by Gasteiger charge is -2.15. The Hall–Kier alpha value is -1.72. The lowest BCUT2D eigenvalue weighted by Crippen LogP contribution is -2.38. The molecule has 2 aromatic rings. The molecule has 1 unspecified atom stereocenters. The summed E-state index contributed by atoms with van der Waals surface area (Å²) in [5, 5.41) is 4.73. The Morgan fingerprint density at radius 3 is 2.67 bits per heavy atom. The summed E-state index contributed by atoms with van der Waals surface area (Å²) in [4.78, 5) is 4.04. The summed E-state index contributed by atoms with van der Waals surface area (Å²) in [6, 6.07) is 6.97. The van der Waals surface area contributed by atoms with Gasteiger partial charge >= 0.3 is 0 Å². The second-order valence-corrected chi connectivity index (χ2v) is 5.85. The van der Waals surface area contributed by atoms with Crippen molar-refractivity contribution in [2.24, 2.45) is 5.84 Å². The molecule has 1 saturated carbocycles. The van der Waals surface area contributed by atoms with Gasteiger partial charge in [0.05, 0.1) is 11.7 Å². The number of nitrogens with one attached hydrogen (secondary N) is 1. The first-order valence-corrected chi connectivity index (χ1v) is 7.74. The number of aromatic nitrogens is 3. The van der Waals surface area contributed by atoms with Gasteiger partial charge in [-0.2, -0.15) is 5.10 Å². The molecule has 0 aromatic carbocycles. The van der Waals surface area contributed by atoms with Crippen molar-refractivity contribution in [3.63, 3.8) is 0 Å². The van der Waals surface area contributed by atoms with E-state index in [9.17, 15) is 0 Å². The number of nitrogens with zero attached hydrogens (tertiary/aromatic N) is 3. The SMILES string of the molecule is NNC(Cc1ccncc1)Cc1ccn(C2CCCC2)n1. The minimum absolute atomic E-state index is 0.194. The second kappa shape index (κ2) is 6.83. The molecule has 0 spiro atoms. The molecule has 2 heterocycles. The van der Waals surface area contributed by atoms with Crippen LogP contribution in [0, 0.1) is 0 Å². The van der Waals surface area contributed by atoms with Crippen LogP contribution in [0.15, 0.2) is 36.8 Å². The molecular formula is C16H23N5. The van der Waals surface area contributed by atoms with Crippen LogP contribution in [0.5, 0.6) is 0 Å².